The maximum absolute atomic E-state index is 9.12. The molecule has 5 N–H and O–H groups in total. The summed E-state index contributed by atoms with van der Waals surface area (Å²) in [5, 5.41) is 44.7. The van der Waals surface area contributed by atoms with Crippen LogP contribution >= 0.6 is 0 Å². The van der Waals surface area contributed by atoms with Gasteiger partial charge in [-0.05, 0) is 0 Å². The fourth-order valence-corrected chi connectivity index (χ4v) is 1.08. The van der Waals surface area contributed by atoms with Crippen molar-refractivity contribution in [2.45, 2.75) is 30.7 Å². The van der Waals surface area contributed by atoms with Gasteiger partial charge in [0.15, 0.2) is 6.29 Å². The Balaban J connectivity index is 2.63. The average molecular weight is 180 g/mol. The van der Waals surface area contributed by atoms with Gasteiger partial charge in [-0.1, -0.05) is 0 Å². The lowest BCUT2D eigenvalue weighted by Gasteiger charge is -2.37. The molecule has 5 atom stereocenters. The number of rotatable bonds is 1. The zero-order chi connectivity index (χ0) is 9.30. The highest BCUT2D eigenvalue weighted by atomic mass is 16.6. The summed E-state index contributed by atoms with van der Waals surface area (Å²) in [5.41, 5.74) is 0. The van der Waals surface area contributed by atoms with Crippen molar-refractivity contribution < 1.29 is 30.3 Å². The van der Waals surface area contributed by atoms with E-state index >= 15 is 0 Å². The Morgan fingerprint density at radius 2 is 1.50 bits per heavy atom. The summed E-state index contributed by atoms with van der Waals surface area (Å²) in [4.78, 5) is 0. The fraction of sp³-hybridized carbons (Fsp3) is 1.00. The summed E-state index contributed by atoms with van der Waals surface area (Å²) in [6.07, 6.45) is -7.04. The molecular formula is C6H12O6. The zero-order valence-electron chi connectivity index (χ0n) is 6.24. The Hall–Kier alpha value is -0.240. The van der Waals surface area contributed by atoms with Gasteiger partial charge < -0.3 is 30.3 Å². The largest absolute Gasteiger partial charge is 0.394 e. The molecule has 1 aliphatic heterocycles. The number of aliphatic hydroxyl groups excluding tert-OH is 5. The van der Waals surface area contributed by atoms with Gasteiger partial charge in [-0.2, -0.15) is 0 Å². The van der Waals surface area contributed by atoms with Gasteiger partial charge in [0.05, 0.1) is 6.61 Å². The molecular weight excluding hydrogens is 168 g/mol. The first-order valence-electron chi connectivity index (χ1n) is 3.56. The number of ether oxygens (including phenoxy) is 1. The Bertz CT molecular complexity index is 146. The molecule has 0 spiro atoms. The van der Waals surface area contributed by atoms with Crippen LogP contribution < -0.4 is 0 Å². The number of aliphatic hydroxyl groups is 5. The third-order valence-electron chi connectivity index (χ3n) is 1.87. The van der Waals surface area contributed by atoms with Crippen molar-refractivity contribution in [2.75, 3.05) is 6.61 Å². The summed E-state index contributed by atoms with van der Waals surface area (Å²) in [7, 11) is 0. The highest BCUT2D eigenvalue weighted by molar-refractivity contribution is 4.87. The molecule has 6 heteroatoms. The lowest BCUT2D eigenvalue weighted by atomic mass is 10.00. The second-order valence-electron chi connectivity index (χ2n) is 2.72. The normalized spacial score (nSPS) is 49.2. The molecule has 1 fully saturated rings. The number of hydrogen-bond donors (Lipinski definition) is 5. The van der Waals surface area contributed by atoms with E-state index in [2.05, 4.69) is 4.74 Å². The molecule has 1 heterocycles. The van der Waals surface area contributed by atoms with Gasteiger partial charge in [0.1, 0.15) is 24.4 Å². The SMILES string of the molecule is OC[C@@H]1O[C@H](O)C(O)[C@H](O)[C@@H]1O. The van der Waals surface area contributed by atoms with E-state index in [4.69, 9.17) is 25.5 Å². The lowest BCUT2D eigenvalue weighted by Crippen LogP contribution is -2.58. The molecule has 1 rings (SSSR count). The van der Waals surface area contributed by atoms with E-state index in [0.29, 0.717) is 0 Å². The van der Waals surface area contributed by atoms with Gasteiger partial charge >= 0.3 is 0 Å². The van der Waals surface area contributed by atoms with Crippen LogP contribution in [0, 0.1) is 0 Å². The van der Waals surface area contributed by atoms with Crippen LogP contribution in [0.5, 0.6) is 0 Å². The van der Waals surface area contributed by atoms with E-state index in [0.717, 1.165) is 0 Å². The van der Waals surface area contributed by atoms with E-state index in [1.807, 2.05) is 0 Å². The van der Waals surface area contributed by atoms with Gasteiger partial charge in [0.2, 0.25) is 0 Å². The average Bonchev–Trinajstić information content (AvgIpc) is 2.08. The molecule has 0 aliphatic carbocycles. The highest BCUT2D eigenvalue weighted by Crippen LogP contribution is 2.18. The van der Waals surface area contributed by atoms with Gasteiger partial charge in [0, 0.05) is 0 Å². The number of hydrogen-bond acceptors (Lipinski definition) is 6. The summed E-state index contributed by atoms with van der Waals surface area (Å²) >= 11 is 0. The van der Waals surface area contributed by atoms with Crippen molar-refractivity contribution in [3.63, 3.8) is 0 Å². The maximum Gasteiger partial charge on any atom is 0.184 e. The van der Waals surface area contributed by atoms with Crippen LogP contribution in [0.3, 0.4) is 0 Å². The standard InChI is InChI=1S/C6H12O6/c7-1-2-3(8)4(9)5(10)6(11)12-2/h2-11H,1H2/t2-,3+,4+,5?,6-/m0/s1. The van der Waals surface area contributed by atoms with Crippen molar-refractivity contribution >= 4 is 0 Å². The molecule has 0 aromatic carbocycles. The van der Waals surface area contributed by atoms with Gasteiger partial charge in [-0.3, -0.25) is 0 Å². The molecule has 0 amide bonds. The molecule has 0 bridgehead atoms. The Labute approximate surface area is 68.6 Å². The molecule has 1 unspecified atom stereocenters. The molecule has 1 aliphatic rings. The minimum atomic E-state index is -1.57. The molecule has 72 valence electrons. The lowest BCUT2D eigenvalue weighted by molar-refractivity contribution is -0.286. The summed E-state index contributed by atoms with van der Waals surface area (Å²) in [6, 6.07) is 0. The third-order valence-corrected chi connectivity index (χ3v) is 1.87. The fourth-order valence-electron chi connectivity index (χ4n) is 1.08. The first-order valence-corrected chi connectivity index (χ1v) is 3.56. The van der Waals surface area contributed by atoms with E-state index < -0.39 is 37.3 Å². The summed E-state index contributed by atoms with van der Waals surface area (Å²) in [6.45, 7) is -0.526. The molecule has 0 radical (unpaired) electrons. The van der Waals surface area contributed by atoms with Crippen molar-refractivity contribution in [3.05, 3.63) is 0 Å². The molecule has 1 saturated heterocycles. The predicted molar refractivity (Wildman–Crippen MR) is 36.0 cm³/mol. The monoisotopic (exact) mass is 180 g/mol. The molecule has 0 aromatic heterocycles. The van der Waals surface area contributed by atoms with Gasteiger partial charge in [-0.25, -0.2) is 0 Å². The first kappa shape index (κ1) is 9.85. The third kappa shape index (κ3) is 1.58. The summed E-state index contributed by atoms with van der Waals surface area (Å²) in [5.74, 6) is 0. The topological polar surface area (TPSA) is 110 Å². The van der Waals surface area contributed by atoms with Gasteiger partial charge in [0.25, 0.3) is 0 Å². The zero-order valence-corrected chi connectivity index (χ0v) is 6.24. The van der Waals surface area contributed by atoms with E-state index in [9.17, 15) is 0 Å². The van der Waals surface area contributed by atoms with Crippen LogP contribution in [0.15, 0.2) is 0 Å². The van der Waals surface area contributed by atoms with Gasteiger partial charge in [-0.15, -0.1) is 0 Å². The van der Waals surface area contributed by atoms with Crippen LogP contribution in [-0.2, 0) is 4.74 Å². The Morgan fingerprint density at radius 1 is 0.917 bits per heavy atom. The summed E-state index contributed by atoms with van der Waals surface area (Å²) < 4.78 is 4.58. The van der Waals surface area contributed by atoms with E-state index in [1.54, 1.807) is 0 Å². The molecule has 0 saturated carbocycles. The minimum Gasteiger partial charge on any atom is -0.394 e. The maximum atomic E-state index is 9.12. The van der Waals surface area contributed by atoms with Crippen LogP contribution in [0.25, 0.3) is 0 Å². The molecule has 6 nitrogen and oxygen atoms in total. The quantitative estimate of drug-likeness (QED) is 0.290. The van der Waals surface area contributed by atoms with Crippen molar-refractivity contribution in [3.8, 4) is 0 Å². The minimum absolute atomic E-state index is 0.526. The predicted octanol–water partition coefficient (Wildman–Crippen LogP) is -3.22. The van der Waals surface area contributed by atoms with Crippen LogP contribution in [0.4, 0.5) is 0 Å². The van der Waals surface area contributed by atoms with Crippen molar-refractivity contribution in [1.29, 1.82) is 0 Å². The van der Waals surface area contributed by atoms with E-state index in [-0.39, 0.29) is 0 Å². The molecule has 0 aromatic rings. The van der Waals surface area contributed by atoms with Crippen LogP contribution in [0.1, 0.15) is 0 Å². The Morgan fingerprint density at radius 3 is 2.00 bits per heavy atom. The second kappa shape index (κ2) is 3.65. The second-order valence-corrected chi connectivity index (χ2v) is 2.72. The molecule has 12 heavy (non-hydrogen) atoms. The Kier molecular flexibility index (Phi) is 2.99. The van der Waals surface area contributed by atoms with E-state index in [1.165, 1.54) is 0 Å². The van der Waals surface area contributed by atoms with Crippen molar-refractivity contribution in [1.82, 2.24) is 0 Å². The van der Waals surface area contributed by atoms with Crippen LogP contribution in [0.2, 0.25) is 0 Å². The smallest absolute Gasteiger partial charge is 0.184 e. The van der Waals surface area contributed by atoms with Crippen LogP contribution in [-0.4, -0.2) is 62.8 Å². The first-order chi connectivity index (χ1) is 5.57. The van der Waals surface area contributed by atoms with Crippen molar-refractivity contribution in [2.24, 2.45) is 0 Å². The highest BCUT2D eigenvalue weighted by Gasteiger charge is 2.42.